The second-order valence-electron chi connectivity index (χ2n) is 11.3. The molecule has 6 aromatic rings. The molecule has 0 aliphatic heterocycles. The molecule has 1 unspecified atom stereocenters. The van der Waals surface area contributed by atoms with E-state index in [1.165, 1.54) is 26.4 Å². The quantitative estimate of drug-likeness (QED) is 0.111. The van der Waals surface area contributed by atoms with E-state index >= 15 is 0 Å². The highest BCUT2D eigenvalue weighted by Gasteiger charge is 2.30. The van der Waals surface area contributed by atoms with Crippen LogP contribution in [0.25, 0.3) is 21.5 Å². The van der Waals surface area contributed by atoms with Gasteiger partial charge in [0, 0.05) is 27.6 Å². The zero-order chi connectivity index (χ0) is 37.6. The standard InChI is InChI=1S/C38H30N4O11/c1-49-20-14-16-21(17-15-20)51-36-26-12-5-3-10-24(26)32(44)30(41-36)35(46)40-28(38(47)48)19-29(43)53-33-25-11-4-6-13-27(25)37(42-31(33)34(39)45)52-23-9-7-8-22(18-23)50-2/h3-18,28,44H,19H2,1-2H3,(H2,39,45)(H,40,46)(H,47,48). The van der Waals surface area contributed by atoms with Crippen molar-refractivity contribution >= 4 is 45.3 Å². The summed E-state index contributed by atoms with van der Waals surface area (Å²) in [6.07, 6.45) is -0.917. The maximum absolute atomic E-state index is 13.5. The molecule has 1 atom stereocenters. The van der Waals surface area contributed by atoms with Crippen LogP contribution in [-0.4, -0.2) is 64.2 Å². The van der Waals surface area contributed by atoms with Crippen LogP contribution in [0.4, 0.5) is 0 Å². The Hall–Kier alpha value is -7.42. The third-order valence-electron chi connectivity index (χ3n) is 7.85. The molecule has 15 nitrogen and oxygen atoms in total. The van der Waals surface area contributed by atoms with E-state index in [4.69, 9.17) is 29.4 Å². The molecular weight excluding hydrogens is 688 g/mol. The monoisotopic (exact) mass is 718 g/mol. The lowest BCUT2D eigenvalue weighted by atomic mass is 10.1. The Bertz CT molecular complexity index is 2380. The van der Waals surface area contributed by atoms with Crippen molar-refractivity contribution in [3.8, 4) is 46.3 Å². The van der Waals surface area contributed by atoms with Gasteiger partial charge in [0.05, 0.1) is 20.6 Å². The number of primary amides is 1. The number of aromatic nitrogens is 2. The number of aliphatic carboxylic acids is 1. The lowest BCUT2D eigenvalue weighted by molar-refractivity contribution is -0.144. The maximum atomic E-state index is 13.5. The number of fused-ring (bicyclic) bond motifs is 2. The number of carbonyl (C=O) groups is 4. The molecule has 0 saturated heterocycles. The van der Waals surface area contributed by atoms with Crippen LogP contribution >= 0.6 is 0 Å². The van der Waals surface area contributed by atoms with E-state index in [0.29, 0.717) is 33.8 Å². The summed E-state index contributed by atoms with van der Waals surface area (Å²) in [6.45, 7) is 0. The van der Waals surface area contributed by atoms with Crippen molar-refractivity contribution in [1.82, 2.24) is 15.3 Å². The first kappa shape index (κ1) is 35.4. The number of nitrogens with two attached hydrogens (primary N) is 1. The molecule has 2 amide bonds. The van der Waals surface area contributed by atoms with Gasteiger partial charge in [-0.1, -0.05) is 42.5 Å². The average molecular weight is 719 g/mol. The van der Waals surface area contributed by atoms with Crippen molar-refractivity contribution in [2.75, 3.05) is 14.2 Å². The number of amides is 2. The van der Waals surface area contributed by atoms with Crippen molar-refractivity contribution in [1.29, 1.82) is 0 Å². The predicted molar refractivity (Wildman–Crippen MR) is 189 cm³/mol. The van der Waals surface area contributed by atoms with Gasteiger partial charge in [-0.3, -0.25) is 14.4 Å². The van der Waals surface area contributed by atoms with Gasteiger partial charge in [0.15, 0.2) is 22.9 Å². The first-order valence-electron chi connectivity index (χ1n) is 15.8. The van der Waals surface area contributed by atoms with Crippen LogP contribution in [-0.2, 0) is 9.59 Å². The second kappa shape index (κ2) is 15.2. The van der Waals surface area contributed by atoms with E-state index < -0.39 is 53.4 Å². The molecule has 0 spiro atoms. The molecule has 0 bridgehead atoms. The van der Waals surface area contributed by atoms with Gasteiger partial charge in [-0.25, -0.2) is 14.8 Å². The Morgan fingerprint density at radius 2 is 1.25 bits per heavy atom. The summed E-state index contributed by atoms with van der Waals surface area (Å²) in [5.74, 6) is -4.21. The van der Waals surface area contributed by atoms with Crippen molar-refractivity contribution in [3.63, 3.8) is 0 Å². The molecule has 53 heavy (non-hydrogen) atoms. The third-order valence-corrected chi connectivity index (χ3v) is 7.85. The maximum Gasteiger partial charge on any atom is 0.326 e. The van der Waals surface area contributed by atoms with Gasteiger partial charge in [0.1, 0.15) is 29.0 Å². The fourth-order valence-electron chi connectivity index (χ4n) is 5.29. The highest BCUT2D eigenvalue weighted by Crippen LogP contribution is 2.38. The molecule has 268 valence electrons. The molecule has 0 saturated carbocycles. The lowest BCUT2D eigenvalue weighted by Crippen LogP contribution is -2.43. The van der Waals surface area contributed by atoms with Crippen molar-refractivity contribution in [2.45, 2.75) is 12.5 Å². The van der Waals surface area contributed by atoms with Crippen LogP contribution in [0, 0.1) is 0 Å². The summed E-state index contributed by atoms with van der Waals surface area (Å²) in [5, 5.41) is 24.3. The summed E-state index contributed by atoms with van der Waals surface area (Å²) in [4.78, 5) is 60.1. The van der Waals surface area contributed by atoms with Crippen molar-refractivity contribution in [2.24, 2.45) is 5.73 Å². The predicted octanol–water partition coefficient (Wildman–Crippen LogP) is 5.37. The number of nitrogens with zero attached hydrogens (tertiary/aromatic N) is 2. The number of carboxylic acids is 1. The zero-order valence-corrected chi connectivity index (χ0v) is 28.1. The fourth-order valence-corrected chi connectivity index (χ4v) is 5.29. The molecule has 0 fully saturated rings. The Labute approximate surface area is 300 Å². The Morgan fingerprint density at radius 1 is 0.698 bits per heavy atom. The fraction of sp³-hybridized carbons (Fsp3) is 0.105. The number of nitrogens with one attached hydrogen (secondary N) is 1. The number of esters is 1. The minimum atomic E-state index is -1.87. The number of hydrogen-bond acceptors (Lipinski definition) is 12. The van der Waals surface area contributed by atoms with Crippen LogP contribution in [0.2, 0.25) is 0 Å². The second-order valence-corrected chi connectivity index (χ2v) is 11.3. The molecule has 0 aliphatic rings. The van der Waals surface area contributed by atoms with Crippen LogP contribution in [0.5, 0.6) is 46.3 Å². The Morgan fingerprint density at radius 3 is 1.87 bits per heavy atom. The number of pyridine rings is 2. The number of carbonyl (C=O) groups excluding carboxylic acids is 3. The molecule has 15 heteroatoms. The number of methoxy groups -OCH3 is 2. The van der Waals surface area contributed by atoms with Gasteiger partial charge in [-0.2, -0.15) is 0 Å². The third kappa shape index (κ3) is 7.68. The van der Waals surface area contributed by atoms with Gasteiger partial charge in [0.25, 0.3) is 11.8 Å². The molecule has 5 N–H and O–H groups in total. The summed E-state index contributed by atoms with van der Waals surface area (Å²) in [6, 6.07) is 24.1. The molecule has 6 rings (SSSR count). The first-order valence-corrected chi connectivity index (χ1v) is 15.8. The van der Waals surface area contributed by atoms with Gasteiger partial charge >= 0.3 is 11.9 Å². The smallest absolute Gasteiger partial charge is 0.326 e. The van der Waals surface area contributed by atoms with E-state index in [9.17, 15) is 29.4 Å². The van der Waals surface area contributed by atoms with E-state index in [2.05, 4.69) is 15.3 Å². The minimum absolute atomic E-state index is 0.0313. The van der Waals surface area contributed by atoms with Crippen LogP contribution in [0.1, 0.15) is 27.4 Å². The van der Waals surface area contributed by atoms with Crippen molar-refractivity contribution < 1.29 is 53.1 Å². The molecule has 4 aromatic carbocycles. The molecule has 2 heterocycles. The van der Waals surface area contributed by atoms with Crippen LogP contribution < -0.4 is 34.7 Å². The normalized spacial score (nSPS) is 11.4. The lowest BCUT2D eigenvalue weighted by Gasteiger charge is -2.17. The Balaban J connectivity index is 1.26. The van der Waals surface area contributed by atoms with Crippen molar-refractivity contribution in [3.05, 3.63) is 108 Å². The number of benzene rings is 4. The van der Waals surface area contributed by atoms with Gasteiger partial charge in [-0.15, -0.1) is 0 Å². The van der Waals surface area contributed by atoms with Gasteiger partial charge in [0.2, 0.25) is 11.8 Å². The number of rotatable bonds is 13. The minimum Gasteiger partial charge on any atom is -0.505 e. The average Bonchev–Trinajstić information content (AvgIpc) is 3.16. The largest absolute Gasteiger partial charge is 0.505 e. The topological polar surface area (TPSA) is 219 Å². The number of ether oxygens (including phenoxy) is 5. The van der Waals surface area contributed by atoms with Crippen LogP contribution in [0.3, 0.4) is 0 Å². The van der Waals surface area contributed by atoms with E-state index in [-0.39, 0.29) is 28.3 Å². The van der Waals surface area contributed by atoms with E-state index in [0.717, 1.165) is 0 Å². The first-order chi connectivity index (χ1) is 25.6. The SMILES string of the molecule is COc1ccc(Oc2nc(C(=O)NC(CC(=O)Oc3c(C(N)=O)nc(Oc4cccc(OC)c4)c4ccccc34)C(=O)O)c(O)c3ccccc23)cc1. The van der Waals surface area contributed by atoms with Gasteiger partial charge in [-0.05, 0) is 48.5 Å². The molecule has 0 radical (unpaired) electrons. The van der Waals surface area contributed by atoms with Crippen LogP contribution in [0.15, 0.2) is 97.1 Å². The molecule has 0 aliphatic carbocycles. The summed E-state index contributed by atoms with van der Waals surface area (Å²) in [5.41, 5.74) is 4.59. The Kier molecular flexibility index (Phi) is 10.2. The molecular formula is C38H30N4O11. The summed E-state index contributed by atoms with van der Waals surface area (Å²) >= 11 is 0. The molecule has 2 aromatic heterocycles. The summed E-state index contributed by atoms with van der Waals surface area (Å²) < 4.78 is 27.8. The van der Waals surface area contributed by atoms with E-state index in [1.54, 1.807) is 84.9 Å². The van der Waals surface area contributed by atoms with Gasteiger partial charge < -0.3 is 44.9 Å². The number of aromatic hydroxyl groups is 1. The zero-order valence-electron chi connectivity index (χ0n) is 28.1. The number of hydrogen-bond donors (Lipinski definition) is 4. The number of carboxylic acid groups (broad SMARTS) is 1. The highest BCUT2D eigenvalue weighted by atomic mass is 16.5. The highest BCUT2D eigenvalue weighted by molar-refractivity contribution is 6.06. The summed E-state index contributed by atoms with van der Waals surface area (Å²) in [7, 11) is 3.00. The van der Waals surface area contributed by atoms with E-state index in [1.807, 2.05) is 0 Å².